The third kappa shape index (κ3) is 2.77. The molecule has 0 radical (unpaired) electrons. The summed E-state index contributed by atoms with van der Waals surface area (Å²) in [6.45, 7) is 0.977. The molecule has 0 aliphatic carbocycles. The highest BCUT2D eigenvalue weighted by atomic mass is 32.2. The Hall–Kier alpha value is -1.47. The first kappa shape index (κ1) is 12.6. The van der Waals surface area contributed by atoms with E-state index in [-0.39, 0.29) is 10.6 Å². The molecular formula is C9H11NO5S. The summed E-state index contributed by atoms with van der Waals surface area (Å²) in [7, 11) is -3.71. The number of carbonyl (C=O) groups is 1. The molecule has 0 bridgehead atoms. The molecule has 1 aromatic rings. The van der Waals surface area contributed by atoms with E-state index in [1.54, 1.807) is 0 Å². The monoisotopic (exact) mass is 245 g/mol. The summed E-state index contributed by atoms with van der Waals surface area (Å²) in [5.41, 5.74) is 0.167. The molecule has 6 nitrogen and oxygen atoms in total. The van der Waals surface area contributed by atoms with E-state index in [9.17, 15) is 13.2 Å². The largest absolute Gasteiger partial charge is 0.478 e. The van der Waals surface area contributed by atoms with Crippen LogP contribution >= 0.6 is 0 Å². The van der Waals surface area contributed by atoms with Crippen molar-refractivity contribution in [3.63, 3.8) is 0 Å². The van der Waals surface area contributed by atoms with Crippen molar-refractivity contribution < 1.29 is 23.4 Å². The molecule has 7 heteroatoms. The molecule has 0 atom stereocenters. The fourth-order valence-corrected chi connectivity index (χ4v) is 2.18. The van der Waals surface area contributed by atoms with E-state index in [0.29, 0.717) is 5.69 Å². The number of aromatic carboxylic acids is 1. The van der Waals surface area contributed by atoms with E-state index in [0.717, 1.165) is 6.07 Å². The topological polar surface area (TPSA) is 105 Å². The maximum atomic E-state index is 11.5. The number of carboxylic acid groups (broad SMARTS) is 1. The standard InChI is InChI=1S/C9H11NO5S/c1-6-4-7(9(12)13)5-8(10-6)16(14,15)3-2-11/h4-5,11H,2-3H2,1H3,(H,12,13). The number of pyridine rings is 1. The van der Waals surface area contributed by atoms with Crippen LogP contribution in [0.3, 0.4) is 0 Å². The minimum atomic E-state index is -3.71. The second-order valence-electron chi connectivity index (χ2n) is 3.18. The van der Waals surface area contributed by atoms with Crippen molar-refractivity contribution in [1.29, 1.82) is 0 Å². The fraction of sp³-hybridized carbons (Fsp3) is 0.333. The number of aliphatic hydroxyl groups excluding tert-OH is 1. The van der Waals surface area contributed by atoms with Crippen molar-refractivity contribution in [2.45, 2.75) is 11.9 Å². The van der Waals surface area contributed by atoms with Gasteiger partial charge >= 0.3 is 5.97 Å². The molecule has 1 aromatic heterocycles. The average molecular weight is 245 g/mol. The zero-order valence-corrected chi connectivity index (χ0v) is 9.36. The van der Waals surface area contributed by atoms with Crippen LogP contribution in [0, 0.1) is 6.92 Å². The van der Waals surface area contributed by atoms with Crippen molar-refractivity contribution in [3.05, 3.63) is 23.4 Å². The molecular weight excluding hydrogens is 234 g/mol. The number of aliphatic hydroxyl groups is 1. The Kier molecular flexibility index (Phi) is 3.61. The quantitative estimate of drug-likeness (QED) is 0.764. The molecule has 1 heterocycles. The van der Waals surface area contributed by atoms with Crippen LogP contribution in [-0.4, -0.2) is 41.9 Å². The Morgan fingerprint density at radius 1 is 1.44 bits per heavy atom. The summed E-state index contributed by atoms with van der Waals surface area (Å²) in [6.07, 6.45) is 0. The molecule has 0 saturated carbocycles. The van der Waals surface area contributed by atoms with Crippen molar-refractivity contribution in [2.24, 2.45) is 0 Å². The van der Waals surface area contributed by atoms with Gasteiger partial charge in [0.25, 0.3) is 0 Å². The number of aryl methyl sites for hydroxylation is 1. The maximum Gasteiger partial charge on any atom is 0.335 e. The number of aromatic nitrogens is 1. The van der Waals surface area contributed by atoms with Gasteiger partial charge in [0.1, 0.15) is 0 Å². The first-order valence-electron chi connectivity index (χ1n) is 4.42. The van der Waals surface area contributed by atoms with Crippen LogP contribution in [0.15, 0.2) is 17.2 Å². The Morgan fingerprint density at radius 2 is 2.06 bits per heavy atom. The highest BCUT2D eigenvalue weighted by Gasteiger charge is 2.18. The Bertz CT molecular complexity index is 509. The lowest BCUT2D eigenvalue weighted by Crippen LogP contribution is -2.13. The Morgan fingerprint density at radius 3 is 2.56 bits per heavy atom. The number of sulfone groups is 1. The summed E-state index contributed by atoms with van der Waals surface area (Å²) in [5, 5.41) is 17.0. The van der Waals surface area contributed by atoms with Crippen LogP contribution in [-0.2, 0) is 9.84 Å². The van der Waals surface area contributed by atoms with Gasteiger partial charge in [0.05, 0.1) is 17.9 Å². The second-order valence-corrected chi connectivity index (χ2v) is 5.24. The predicted molar refractivity (Wildman–Crippen MR) is 55.1 cm³/mol. The molecule has 1 rings (SSSR count). The second kappa shape index (κ2) is 4.58. The lowest BCUT2D eigenvalue weighted by Gasteiger charge is -2.04. The number of rotatable bonds is 4. The predicted octanol–water partition coefficient (Wildman–Crippen LogP) is -0.146. The molecule has 0 amide bonds. The van der Waals surface area contributed by atoms with E-state index in [1.165, 1.54) is 13.0 Å². The van der Waals surface area contributed by atoms with Gasteiger partial charge in [-0.3, -0.25) is 0 Å². The molecule has 0 aliphatic rings. The minimum Gasteiger partial charge on any atom is -0.478 e. The van der Waals surface area contributed by atoms with Gasteiger partial charge in [-0.15, -0.1) is 0 Å². The zero-order chi connectivity index (χ0) is 12.3. The van der Waals surface area contributed by atoms with Gasteiger partial charge in [0, 0.05) is 5.69 Å². The van der Waals surface area contributed by atoms with Gasteiger partial charge < -0.3 is 10.2 Å². The van der Waals surface area contributed by atoms with Crippen molar-refractivity contribution in [3.8, 4) is 0 Å². The van der Waals surface area contributed by atoms with Crippen LogP contribution in [0.1, 0.15) is 16.1 Å². The third-order valence-corrected chi connectivity index (χ3v) is 3.42. The minimum absolute atomic E-state index is 0.135. The molecule has 2 N–H and O–H groups in total. The zero-order valence-electron chi connectivity index (χ0n) is 8.54. The summed E-state index contributed by atoms with van der Waals surface area (Å²) in [5.74, 6) is -1.69. The maximum absolute atomic E-state index is 11.5. The number of nitrogens with zero attached hydrogens (tertiary/aromatic N) is 1. The molecule has 0 unspecified atom stereocenters. The van der Waals surface area contributed by atoms with Crippen LogP contribution in [0.4, 0.5) is 0 Å². The SMILES string of the molecule is Cc1cc(C(=O)O)cc(S(=O)(=O)CCO)n1. The normalized spacial score (nSPS) is 11.4. The Balaban J connectivity index is 3.30. The molecule has 0 spiro atoms. The first-order valence-corrected chi connectivity index (χ1v) is 6.07. The first-order chi connectivity index (χ1) is 7.36. The Labute approximate surface area is 92.5 Å². The van der Waals surface area contributed by atoms with Crippen LogP contribution in [0.2, 0.25) is 0 Å². The van der Waals surface area contributed by atoms with Gasteiger partial charge in [-0.05, 0) is 19.1 Å². The lowest BCUT2D eigenvalue weighted by molar-refractivity contribution is 0.0696. The van der Waals surface area contributed by atoms with Crippen molar-refractivity contribution in [1.82, 2.24) is 4.98 Å². The van der Waals surface area contributed by atoms with E-state index < -0.39 is 28.2 Å². The van der Waals surface area contributed by atoms with Crippen molar-refractivity contribution in [2.75, 3.05) is 12.4 Å². The summed E-state index contributed by atoms with van der Waals surface area (Å²) >= 11 is 0. The molecule has 88 valence electrons. The summed E-state index contributed by atoms with van der Waals surface area (Å²) in [6, 6.07) is 2.26. The number of hydrogen-bond donors (Lipinski definition) is 2. The van der Waals surface area contributed by atoms with E-state index in [1.807, 2.05) is 0 Å². The smallest absolute Gasteiger partial charge is 0.335 e. The molecule has 0 aliphatic heterocycles. The van der Waals surface area contributed by atoms with Crippen LogP contribution < -0.4 is 0 Å². The van der Waals surface area contributed by atoms with Gasteiger partial charge in [-0.25, -0.2) is 18.2 Å². The molecule has 0 saturated heterocycles. The van der Waals surface area contributed by atoms with Gasteiger partial charge in [-0.1, -0.05) is 0 Å². The van der Waals surface area contributed by atoms with Crippen LogP contribution in [0.5, 0.6) is 0 Å². The average Bonchev–Trinajstić information content (AvgIpc) is 2.16. The molecule has 0 aromatic carbocycles. The van der Waals surface area contributed by atoms with E-state index in [4.69, 9.17) is 10.2 Å². The number of carboxylic acids is 1. The van der Waals surface area contributed by atoms with Gasteiger partial charge in [-0.2, -0.15) is 0 Å². The van der Waals surface area contributed by atoms with Crippen molar-refractivity contribution >= 4 is 15.8 Å². The lowest BCUT2D eigenvalue weighted by atomic mass is 10.2. The third-order valence-electron chi connectivity index (χ3n) is 1.86. The van der Waals surface area contributed by atoms with Crippen LogP contribution in [0.25, 0.3) is 0 Å². The summed E-state index contributed by atoms with van der Waals surface area (Å²) < 4.78 is 23.1. The van der Waals surface area contributed by atoms with E-state index in [2.05, 4.69) is 4.98 Å². The number of hydrogen-bond acceptors (Lipinski definition) is 5. The molecule has 0 fully saturated rings. The van der Waals surface area contributed by atoms with Gasteiger partial charge in [0.2, 0.25) is 0 Å². The summed E-state index contributed by atoms with van der Waals surface area (Å²) in [4.78, 5) is 14.5. The molecule has 16 heavy (non-hydrogen) atoms. The van der Waals surface area contributed by atoms with E-state index >= 15 is 0 Å². The fourth-order valence-electron chi connectivity index (χ4n) is 1.15. The highest BCUT2D eigenvalue weighted by molar-refractivity contribution is 7.91. The highest BCUT2D eigenvalue weighted by Crippen LogP contribution is 2.12. The van der Waals surface area contributed by atoms with Gasteiger partial charge in [0.15, 0.2) is 14.9 Å².